The molecule has 0 bridgehead atoms. The highest BCUT2D eigenvalue weighted by Crippen LogP contribution is 2.24. The molecule has 5 rings (SSSR count). The summed E-state index contributed by atoms with van der Waals surface area (Å²) in [5.41, 5.74) is 4.24. The van der Waals surface area contributed by atoms with E-state index in [1.807, 2.05) is 37.4 Å². The molecule has 0 saturated carbocycles. The number of anilines is 2. The molecular weight excluding hydrogens is 414 g/mol. The Morgan fingerprint density at radius 2 is 1.97 bits per heavy atom. The largest absolute Gasteiger partial charge is 0.439 e. The van der Waals surface area contributed by atoms with Crippen LogP contribution in [-0.4, -0.2) is 33.8 Å². The zero-order valence-electron chi connectivity index (χ0n) is 17.0. The fourth-order valence-electron chi connectivity index (χ4n) is 3.39. The van der Waals surface area contributed by atoms with E-state index in [-0.39, 0.29) is 0 Å². The molecule has 0 atom stereocenters. The van der Waals surface area contributed by atoms with Crippen LogP contribution in [-0.2, 0) is 18.3 Å². The number of halogens is 1. The van der Waals surface area contributed by atoms with Crippen LogP contribution in [0.4, 0.5) is 11.6 Å². The number of fused-ring (bicyclic) bond motifs is 1. The van der Waals surface area contributed by atoms with Crippen molar-refractivity contribution in [3.63, 3.8) is 0 Å². The van der Waals surface area contributed by atoms with Crippen molar-refractivity contribution in [1.82, 2.24) is 14.5 Å². The van der Waals surface area contributed by atoms with E-state index in [1.165, 1.54) is 0 Å². The van der Waals surface area contributed by atoms with Crippen LogP contribution in [0.2, 0.25) is 5.02 Å². The van der Waals surface area contributed by atoms with Crippen LogP contribution in [0.1, 0.15) is 5.56 Å². The topological polar surface area (TPSA) is 73.2 Å². The summed E-state index contributed by atoms with van der Waals surface area (Å²) in [6, 6.07) is 18.0. The molecule has 0 amide bonds. The Morgan fingerprint density at radius 3 is 2.68 bits per heavy atom. The molecule has 0 unspecified atom stereocenters. The maximum Gasteiger partial charge on any atom is 0.219 e. The van der Waals surface area contributed by atoms with Gasteiger partial charge in [0.15, 0.2) is 0 Å². The second-order valence-corrected chi connectivity index (χ2v) is 7.93. The molecular formula is C23H22ClN5O2. The summed E-state index contributed by atoms with van der Waals surface area (Å²) in [5, 5.41) is 7.48. The minimum atomic E-state index is 0.394. The first-order chi connectivity index (χ1) is 15.1. The van der Waals surface area contributed by atoms with Gasteiger partial charge in [-0.2, -0.15) is 0 Å². The van der Waals surface area contributed by atoms with Crippen molar-refractivity contribution < 1.29 is 9.47 Å². The summed E-state index contributed by atoms with van der Waals surface area (Å²) < 4.78 is 13.0. The molecule has 1 aliphatic rings. The Kier molecular flexibility index (Phi) is 5.36. The van der Waals surface area contributed by atoms with Gasteiger partial charge in [0.25, 0.3) is 0 Å². The van der Waals surface area contributed by atoms with Gasteiger partial charge in [-0.1, -0.05) is 23.7 Å². The van der Waals surface area contributed by atoms with Crippen molar-refractivity contribution in [2.24, 2.45) is 7.05 Å². The summed E-state index contributed by atoms with van der Waals surface area (Å²) in [4.78, 5) is 8.86. The van der Waals surface area contributed by atoms with Gasteiger partial charge in [-0.15, -0.1) is 0 Å². The number of hydrogen-bond acceptors (Lipinski definition) is 6. The van der Waals surface area contributed by atoms with Crippen molar-refractivity contribution >= 4 is 34.3 Å². The normalized spacial score (nSPS) is 13.7. The first-order valence-electron chi connectivity index (χ1n) is 10.1. The lowest BCUT2D eigenvalue weighted by atomic mass is 10.2. The Bertz CT molecular complexity index is 1190. The number of aryl methyl sites for hydroxylation is 1. The fraction of sp³-hybridized carbons (Fsp3) is 0.217. The summed E-state index contributed by atoms with van der Waals surface area (Å²) in [6.45, 7) is 2.17. The number of aromatic nitrogens is 3. The zero-order chi connectivity index (χ0) is 21.2. The van der Waals surface area contributed by atoms with Gasteiger partial charge < -0.3 is 24.7 Å². The molecule has 158 valence electrons. The molecule has 1 aliphatic heterocycles. The number of nitrogens with one attached hydrogen (secondary N) is 2. The zero-order valence-corrected chi connectivity index (χ0v) is 17.8. The number of nitrogens with zero attached hydrogens (tertiary/aromatic N) is 3. The molecule has 2 N–H and O–H groups in total. The monoisotopic (exact) mass is 435 g/mol. The minimum absolute atomic E-state index is 0.394. The molecule has 4 aromatic rings. The van der Waals surface area contributed by atoms with Crippen LogP contribution in [0.5, 0.6) is 11.6 Å². The molecule has 0 radical (unpaired) electrons. The maximum atomic E-state index is 5.85. The van der Waals surface area contributed by atoms with Crippen molar-refractivity contribution in [3.05, 3.63) is 71.4 Å². The van der Waals surface area contributed by atoms with E-state index in [0.29, 0.717) is 23.5 Å². The van der Waals surface area contributed by atoms with E-state index < -0.39 is 0 Å². The molecule has 7 nitrogen and oxygen atoms in total. The Morgan fingerprint density at radius 1 is 1.13 bits per heavy atom. The van der Waals surface area contributed by atoms with Crippen molar-refractivity contribution in [2.45, 2.75) is 12.6 Å². The quantitative estimate of drug-likeness (QED) is 0.433. The van der Waals surface area contributed by atoms with Gasteiger partial charge in [0.2, 0.25) is 11.8 Å². The Balaban J connectivity index is 1.23. The average Bonchev–Trinajstić information content (AvgIpc) is 3.07. The van der Waals surface area contributed by atoms with Gasteiger partial charge in [-0.05, 0) is 42.0 Å². The standard InChI is InChI=1S/C23H22ClN5O2/c1-29-21-10-17(27-18-13-30-14-18)5-8-20(21)28-23(29)26-11-15-2-6-19(7-3-15)31-22-9-4-16(24)12-25-22/h2-10,12,18,27H,11,13-14H2,1H3,(H,26,28). The fourth-order valence-corrected chi connectivity index (χ4v) is 3.50. The lowest BCUT2D eigenvalue weighted by molar-refractivity contribution is 0.0211. The highest BCUT2D eigenvalue weighted by atomic mass is 35.5. The van der Waals surface area contributed by atoms with Crippen LogP contribution < -0.4 is 15.4 Å². The summed E-state index contributed by atoms with van der Waals surface area (Å²) in [7, 11) is 2.02. The van der Waals surface area contributed by atoms with E-state index in [0.717, 1.165) is 47.2 Å². The molecule has 2 aromatic heterocycles. The Hall–Kier alpha value is -3.29. The molecule has 31 heavy (non-hydrogen) atoms. The van der Waals surface area contributed by atoms with Crippen LogP contribution in [0.3, 0.4) is 0 Å². The lowest BCUT2D eigenvalue weighted by Crippen LogP contribution is -2.40. The molecule has 0 spiro atoms. The van der Waals surface area contributed by atoms with Crippen molar-refractivity contribution in [3.8, 4) is 11.6 Å². The van der Waals surface area contributed by atoms with Crippen molar-refractivity contribution in [1.29, 1.82) is 0 Å². The van der Waals surface area contributed by atoms with E-state index in [2.05, 4.69) is 32.3 Å². The second-order valence-electron chi connectivity index (χ2n) is 7.49. The number of pyridine rings is 1. The molecule has 2 aromatic carbocycles. The number of hydrogen-bond donors (Lipinski definition) is 2. The first-order valence-corrected chi connectivity index (χ1v) is 10.4. The third-order valence-electron chi connectivity index (χ3n) is 5.19. The highest BCUT2D eigenvalue weighted by molar-refractivity contribution is 6.30. The van der Waals surface area contributed by atoms with E-state index in [4.69, 9.17) is 26.1 Å². The number of benzene rings is 2. The number of imidazole rings is 1. The third-order valence-corrected chi connectivity index (χ3v) is 5.41. The van der Waals surface area contributed by atoms with E-state index >= 15 is 0 Å². The molecule has 3 heterocycles. The van der Waals surface area contributed by atoms with E-state index in [1.54, 1.807) is 18.3 Å². The molecule has 8 heteroatoms. The third kappa shape index (κ3) is 4.42. The first kappa shape index (κ1) is 19.7. The highest BCUT2D eigenvalue weighted by Gasteiger charge is 2.18. The molecule has 1 fully saturated rings. The van der Waals surface area contributed by atoms with Crippen LogP contribution in [0.25, 0.3) is 11.0 Å². The average molecular weight is 436 g/mol. The second kappa shape index (κ2) is 8.45. The van der Waals surface area contributed by atoms with Crippen LogP contribution >= 0.6 is 11.6 Å². The summed E-state index contributed by atoms with van der Waals surface area (Å²) in [6.07, 6.45) is 1.56. The van der Waals surface area contributed by atoms with Gasteiger partial charge in [-0.25, -0.2) is 9.97 Å². The Labute approximate surface area is 185 Å². The lowest BCUT2D eigenvalue weighted by Gasteiger charge is -2.27. The number of ether oxygens (including phenoxy) is 2. The molecule has 1 saturated heterocycles. The summed E-state index contributed by atoms with van der Waals surface area (Å²) in [5.74, 6) is 2.05. The summed E-state index contributed by atoms with van der Waals surface area (Å²) >= 11 is 5.85. The SMILES string of the molecule is Cn1c(NCc2ccc(Oc3ccc(Cl)cn3)cc2)nc2ccc(NC3COC3)cc21. The van der Waals surface area contributed by atoms with Gasteiger partial charge in [0, 0.05) is 31.5 Å². The van der Waals surface area contributed by atoms with Gasteiger partial charge >= 0.3 is 0 Å². The smallest absolute Gasteiger partial charge is 0.219 e. The van der Waals surface area contributed by atoms with Crippen LogP contribution in [0.15, 0.2) is 60.8 Å². The van der Waals surface area contributed by atoms with Gasteiger partial charge in [0.1, 0.15) is 5.75 Å². The maximum absolute atomic E-state index is 5.85. The van der Waals surface area contributed by atoms with Crippen LogP contribution in [0, 0.1) is 0 Å². The predicted molar refractivity (Wildman–Crippen MR) is 122 cm³/mol. The van der Waals surface area contributed by atoms with Crippen molar-refractivity contribution in [2.75, 3.05) is 23.8 Å². The number of rotatable bonds is 7. The van der Waals surface area contributed by atoms with Gasteiger partial charge in [0.05, 0.1) is 35.3 Å². The van der Waals surface area contributed by atoms with E-state index in [9.17, 15) is 0 Å². The minimum Gasteiger partial charge on any atom is -0.439 e. The van der Waals surface area contributed by atoms with Gasteiger partial charge in [-0.3, -0.25) is 0 Å². The predicted octanol–water partition coefficient (Wildman–Crippen LogP) is 4.84. The molecule has 0 aliphatic carbocycles.